The number of benzene rings is 3. The number of amides is 2. The number of hydrogen-bond acceptors (Lipinski definition) is 4. The van der Waals surface area contributed by atoms with E-state index in [0.717, 1.165) is 44.5 Å². The highest BCUT2D eigenvalue weighted by Gasteiger charge is 2.15. The molecule has 0 saturated heterocycles. The van der Waals surface area contributed by atoms with Gasteiger partial charge >= 0.3 is 0 Å². The molecule has 6 heteroatoms. The molecule has 0 bridgehead atoms. The number of anilines is 2. The normalized spacial score (nSPS) is 10.5. The van der Waals surface area contributed by atoms with Crippen molar-refractivity contribution in [2.24, 2.45) is 0 Å². The van der Waals surface area contributed by atoms with Gasteiger partial charge in [-0.05, 0) is 61.6 Å². The largest absolute Gasteiger partial charge is 0.491 e. The van der Waals surface area contributed by atoms with Gasteiger partial charge in [0.25, 0.3) is 5.91 Å². The highest BCUT2D eigenvalue weighted by Crippen LogP contribution is 2.24. The van der Waals surface area contributed by atoms with Crippen LogP contribution < -0.4 is 15.4 Å². The Bertz CT molecular complexity index is 1100. The van der Waals surface area contributed by atoms with E-state index in [4.69, 9.17) is 4.74 Å². The number of nitrogens with zero attached hydrogens (tertiary/aromatic N) is 1. The van der Waals surface area contributed by atoms with Gasteiger partial charge in [-0.25, -0.2) is 0 Å². The van der Waals surface area contributed by atoms with Crippen LogP contribution in [0, 0.1) is 0 Å². The zero-order chi connectivity index (χ0) is 25.6. The molecule has 0 atom stereocenters. The molecule has 0 aliphatic heterocycles. The van der Waals surface area contributed by atoms with E-state index < -0.39 is 0 Å². The fraction of sp³-hybridized carbons (Fsp3) is 0.333. The molecule has 190 valence electrons. The summed E-state index contributed by atoms with van der Waals surface area (Å²) in [7, 11) is 0. The highest BCUT2D eigenvalue weighted by atomic mass is 16.5. The molecular formula is C30H37N3O3. The minimum absolute atomic E-state index is 0.0186. The van der Waals surface area contributed by atoms with E-state index in [0.29, 0.717) is 23.6 Å². The third-order valence-electron chi connectivity index (χ3n) is 5.71. The molecule has 6 nitrogen and oxygen atoms in total. The number of aryl methyl sites for hydroxylation is 1. The van der Waals surface area contributed by atoms with Gasteiger partial charge in [0.15, 0.2) is 0 Å². The first-order chi connectivity index (χ1) is 17.6. The maximum atomic E-state index is 12.9. The summed E-state index contributed by atoms with van der Waals surface area (Å²) >= 11 is 0. The molecule has 3 aromatic carbocycles. The van der Waals surface area contributed by atoms with Gasteiger partial charge in [-0.1, -0.05) is 62.4 Å². The van der Waals surface area contributed by atoms with Gasteiger partial charge < -0.3 is 20.3 Å². The first-order valence-electron chi connectivity index (χ1n) is 12.8. The van der Waals surface area contributed by atoms with Gasteiger partial charge in [0, 0.05) is 24.3 Å². The number of hydrogen-bond donors (Lipinski definition) is 2. The Balaban J connectivity index is 1.51. The summed E-state index contributed by atoms with van der Waals surface area (Å²) in [5.41, 5.74) is 3.27. The van der Waals surface area contributed by atoms with Crippen LogP contribution in [0.1, 0.15) is 49.0 Å². The van der Waals surface area contributed by atoms with Crippen molar-refractivity contribution < 1.29 is 14.3 Å². The summed E-state index contributed by atoms with van der Waals surface area (Å²) in [5, 5.41) is 6.06. The molecule has 2 N–H and O–H groups in total. The van der Waals surface area contributed by atoms with Gasteiger partial charge in [-0.2, -0.15) is 0 Å². The molecule has 0 aliphatic rings. The van der Waals surface area contributed by atoms with Gasteiger partial charge in [0.2, 0.25) is 5.91 Å². The standard InChI is InChI=1S/C30H37N3O3/c1-3-19-33(20-4-2)30(35)25-15-10-16-26(22-25)31-23-29(34)32-27-17-8-9-18-28(27)36-21-11-14-24-12-6-5-7-13-24/h5-10,12-13,15-18,22,31H,3-4,11,14,19-21,23H2,1-2H3,(H,32,34). The smallest absolute Gasteiger partial charge is 0.253 e. The van der Waals surface area contributed by atoms with Crippen molar-refractivity contribution in [1.82, 2.24) is 4.90 Å². The van der Waals surface area contributed by atoms with Crippen LogP contribution in [-0.2, 0) is 11.2 Å². The molecule has 0 saturated carbocycles. The minimum atomic E-state index is -0.189. The third-order valence-corrected chi connectivity index (χ3v) is 5.71. The van der Waals surface area contributed by atoms with Crippen LogP contribution >= 0.6 is 0 Å². The van der Waals surface area contributed by atoms with E-state index in [9.17, 15) is 9.59 Å². The van der Waals surface area contributed by atoms with E-state index in [-0.39, 0.29) is 18.4 Å². The topological polar surface area (TPSA) is 70.7 Å². The van der Waals surface area contributed by atoms with Crippen molar-refractivity contribution in [3.63, 3.8) is 0 Å². The Kier molecular flexibility index (Phi) is 10.8. The van der Waals surface area contributed by atoms with Crippen molar-refractivity contribution in [3.05, 3.63) is 90.0 Å². The summed E-state index contributed by atoms with van der Waals surface area (Å²) in [4.78, 5) is 27.4. The SMILES string of the molecule is CCCN(CCC)C(=O)c1cccc(NCC(=O)Nc2ccccc2OCCCc2ccccc2)c1. The van der Waals surface area contributed by atoms with E-state index in [1.807, 2.05) is 65.6 Å². The van der Waals surface area contributed by atoms with Crippen molar-refractivity contribution >= 4 is 23.2 Å². The van der Waals surface area contributed by atoms with E-state index in [2.05, 4.69) is 36.6 Å². The Hall–Kier alpha value is -3.80. The number of rotatable bonds is 14. The van der Waals surface area contributed by atoms with E-state index in [1.54, 1.807) is 6.07 Å². The van der Waals surface area contributed by atoms with Gasteiger partial charge in [0.1, 0.15) is 5.75 Å². The second-order valence-corrected chi connectivity index (χ2v) is 8.71. The van der Waals surface area contributed by atoms with E-state index >= 15 is 0 Å². The van der Waals surface area contributed by atoms with Gasteiger partial charge in [-0.3, -0.25) is 9.59 Å². The highest BCUT2D eigenvalue weighted by molar-refractivity contribution is 5.96. The fourth-order valence-corrected chi connectivity index (χ4v) is 3.98. The van der Waals surface area contributed by atoms with Crippen LogP contribution in [0.4, 0.5) is 11.4 Å². The molecule has 0 spiro atoms. The predicted molar refractivity (Wildman–Crippen MR) is 147 cm³/mol. The van der Waals surface area contributed by atoms with Crippen molar-refractivity contribution in [1.29, 1.82) is 0 Å². The number of carbonyl (C=O) groups is 2. The van der Waals surface area contributed by atoms with Crippen LogP contribution in [0.5, 0.6) is 5.75 Å². The second-order valence-electron chi connectivity index (χ2n) is 8.71. The molecule has 0 radical (unpaired) electrons. The zero-order valence-corrected chi connectivity index (χ0v) is 21.3. The monoisotopic (exact) mass is 487 g/mol. The van der Waals surface area contributed by atoms with Gasteiger partial charge in [0.05, 0.1) is 18.8 Å². The van der Waals surface area contributed by atoms with Crippen LogP contribution in [-0.4, -0.2) is 43.0 Å². The number of nitrogens with one attached hydrogen (secondary N) is 2. The number of ether oxygens (including phenoxy) is 1. The lowest BCUT2D eigenvalue weighted by atomic mass is 10.1. The Morgan fingerprint density at radius 3 is 2.33 bits per heavy atom. The average Bonchev–Trinajstić information content (AvgIpc) is 2.91. The molecule has 3 rings (SSSR count). The van der Waals surface area contributed by atoms with Crippen molar-refractivity contribution in [2.45, 2.75) is 39.5 Å². The quantitative estimate of drug-likeness (QED) is 0.273. The Morgan fingerprint density at radius 1 is 0.861 bits per heavy atom. The molecule has 0 aromatic heterocycles. The molecule has 0 unspecified atom stereocenters. The van der Waals surface area contributed by atoms with Crippen LogP contribution in [0.3, 0.4) is 0 Å². The van der Waals surface area contributed by atoms with Crippen LogP contribution in [0.15, 0.2) is 78.9 Å². The summed E-state index contributed by atoms with van der Waals surface area (Å²) < 4.78 is 5.95. The summed E-state index contributed by atoms with van der Waals surface area (Å²) in [6.45, 7) is 6.25. The second kappa shape index (κ2) is 14.6. The van der Waals surface area contributed by atoms with Gasteiger partial charge in [-0.15, -0.1) is 0 Å². The lowest BCUT2D eigenvalue weighted by molar-refractivity contribution is -0.114. The Morgan fingerprint density at radius 2 is 1.58 bits per heavy atom. The maximum absolute atomic E-state index is 12.9. The lowest BCUT2D eigenvalue weighted by Crippen LogP contribution is -2.32. The number of para-hydroxylation sites is 2. The Labute approximate surface area is 214 Å². The third kappa shape index (κ3) is 8.45. The molecule has 3 aromatic rings. The molecule has 0 aliphatic carbocycles. The van der Waals surface area contributed by atoms with Crippen LogP contribution in [0.25, 0.3) is 0 Å². The van der Waals surface area contributed by atoms with Crippen molar-refractivity contribution in [3.8, 4) is 5.75 Å². The van der Waals surface area contributed by atoms with Crippen LogP contribution in [0.2, 0.25) is 0 Å². The average molecular weight is 488 g/mol. The van der Waals surface area contributed by atoms with Crippen molar-refractivity contribution in [2.75, 3.05) is 36.9 Å². The lowest BCUT2D eigenvalue weighted by Gasteiger charge is -2.21. The maximum Gasteiger partial charge on any atom is 0.253 e. The molecule has 0 fully saturated rings. The first-order valence-corrected chi connectivity index (χ1v) is 12.8. The summed E-state index contributed by atoms with van der Waals surface area (Å²) in [6.07, 6.45) is 3.66. The van der Waals surface area contributed by atoms with E-state index in [1.165, 1.54) is 5.56 Å². The molecule has 0 heterocycles. The summed E-state index contributed by atoms with van der Waals surface area (Å²) in [5.74, 6) is 0.481. The minimum Gasteiger partial charge on any atom is -0.491 e. The predicted octanol–water partition coefficient (Wildman–Crippen LogP) is 6.01. The molecule has 36 heavy (non-hydrogen) atoms. The fourth-order valence-electron chi connectivity index (χ4n) is 3.98. The number of carbonyl (C=O) groups excluding carboxylic acids is 2. The first kappa shape index (κ1) is 26.8. The zero-order valence-electron chi connectivity index (χ0n) is 21.3. The molecular weight excluding hydrogens is 450 g/mol. The summed E-state index contributed by atoms with van der Waals surface area (Å²) in [6, 6.07) is 25.1. The molecule has 2 amide bonds.